The second-order valence-electron chi connectivity index (χ2n) is 4.30. The van der Waals surface area contributed by atoms with Crippen molar-refractivity contribution in [2.45, 2.75) is 31.3 Å². The topological polar surface area (TPSA) is 104 Å². The van der Waals surface area contributed by atoms with Crippen molar-refractivity contribution in [3.8, 4) is 0 Å². The molecule has 0 fully saturated rings. The van der Waals surface area contributed by atoms with Crippen molar-refractivity contribution in [2.75, 3.05) is 6.54 Å². The van der Waals surface area contributed by atoms with Crippen LogP contribution in [0.15, 0.2) is 17.0 Å². The molecule has 1 aromatic rings. The number of sulfonamides is 1. The van der Waals surface area contributed by atoms with Gasteiger partial charge in [0.15, 0.2) is 0 Å². The van der Waals surface area contributed by atoms with Crippen molar-refractivity contribution >= 4 is 27.6 Å². The Balaban J connectivity index is 3.21. The largest absolute Gasteiger partial charge is 0.478 e. The highest BCUT2D eigenvalue weighted by molar-refractivity contribution is 7.89. The number of halogens is 1. The molecule has 0 aliphatic carbocycles. The highest BCUT2D eigenvalue weighted by Gasteiger charge is 2.22. The fraction of sp³-hybridized carbons (Fsp3) is 0.417. The zero-order valence-corrected chi connectivity index (χ0v) is 12.6. The first-order valence-electron chi connectivity index (χ1n) is 5.90. The average molecular weight is 322 g/mol. The zero-order valence-electron chi connectivity index (χ0n) is 11.1. The number of aromatic carboxylic acids is 1. The van der Waals surface area contributed by atoms with Crippen molar-refractivity contribution in [3.63, 3.8) is 0 Å². The van der Waals surface area contributed by atoms with E-state index in [9.17, 15) is 18.3 Å². The minimum Gasteiger partial charge on any atom is -0.478 e. The van der Waals surface area contributed by atoms with E-state index >= 15 is 0 Å². The molecule has 0 bridgehead atoms. The summed E-state index contributed by atoms with van der Waals surface area (Å²) < 4.78 is 26.5. The number of aliphatic hydroxyl groups excluding tert-OH is 1. The molecule has 1 rings (SSSR count). The maximum absolute atomic E-state index is 12.1. The van der Waals surface area contributed by atoms with Gasteiger partial charge in [0.1, 0.15) is 0 Å². The molecule has 3 N–H and O–H groups in total. The van der Waals surface area contributed by atoms with Crippen LogP contribution in [-0.2, 0) is 10.0 Å². The van der Waals surface area contributed by atoms with Gasteiger partial charge in [-0.25, -0.2) is 17.9 Å². The molecule has 0 spiro atoms. The Labute approximate surface area is 122 Å². The zero-order chi connectivity index (χ0) is 15.5. The second kappa shape index (κ2) is 6.53. The third-order valence-electron chi connectivity index (χ3n) is 2.82. The molecule has 1 atom stereocenters. The van der Waals surface area contributed by atoms with E-state index in [-0.39, 0.29) is 27.6 Å². The van der Waals surface area contributed by atoms with Crippen LogP contribution >= 0.6 is 11.6 Å². The molecule has 0 aromatic heterocycles. The molecule has 0 saturated heterocycles. The van der Waals surface area contributed by atoms with Crippen LogP contribution in [0.5, 0.6) is 0 Å². The summed E-state index contributed by atoms with van der Waals surface area (Å²) in [6, 6.07) is 2.38. The minimum absolute atomic E-state index is 0.0180. The van der Waals surface area contributed by atoms with E-state index < -0.39 is 22.1 Å². The Hall–Kier alpha value is -1.15. The number of aliphatic hydroxyl groups is 1. The van der Waals surface area contributed by atoms with Gasteiger partial charge < -0.3 is 10.2 Å². The summed E-state index contributed by atoms with van der Waals surface area (Å²) in [6.45, 7) is 2.96. The molecule has 20 heavy (non-hydrogen) atoms. The molecule has 0 amide bonds. The van der Waals surface area contributed by atoms with Crippen LogP contribution in [0.3, 0.4) is 0 Å². The third-order valence-corrected chi connectivity index (χ3v) is 4.59. The molecule has 0 radical (unpaired) electrons. The molecule has 1 aromatic carbocycles. The average Bonchev–Trinajstić information content (AvgIpc) is 2.37. The summed E-state index contributed by atoms with van der Waals surface area (Å²) in [4.78, 5) is 10.8. The van der Waals surface area contributed by atoms with Gasteiger partial charge in [0.25, 0.3) is 0 Å². The minimum atomic E-state index is -3.93. The van der Waals surface area contributed by atoms with Gasteiger partial charge in [-0.05, 0) is 31.0 Å². The van der Waals surface area contributed by atoms with E-state index in [0.29, 0.717) is 6.42 Å². The highest BCUT2D eigenvalue weighted by Crippen LogP contribution is 2.24. The fourth-order valence-electron chi connectivity index (χ4n) is 1.58. The SMILES string of the molecule is CCC(O)CNS(=O)(=O)c1cc(Cl)cc(C(=O)O)c1C. The van der Waals surface area contributed by atoms with E-state index in [1.807, 2.05) is 0 Å². The first kappa shape index (κ1) is 16.9. The van der Waals surface area contributed by atoms with Crippen molar-refractivity contribution < 1.29 is 23.4 Å². The number of hydrogen-bond donors (Lipinski definition) is 3. The van der Waals surface area contributed by atoms with Crippen molar-refractivity contribution in [3.05, 3.63) is 28.3 Å². The molecule has 8 heteroatoms. The summed E-state index contributed by atoms with van der Waals surface area (Å²) in [5, 5.41) is 18.4. The Morgan fingerprint density at radius 3 is 2.55 bits per heavy atom. The van der Waals surface area contributed by atoms with Crippen LogP contribution < -0.4 is 4.72 Å². The smallest absolute Gasteiger partial charge is 0.336 e. The Bertz CT molecular complexity index is 615. The quantitative estimate of drug-likeness (QED) is 0.734. The summed E-state index contributed by atoms with van der Waals surface area (Å²) in [6.07, 6.45) is -0.402. The normalized spacial score (nSPS) is 13.2. The molecule has 0 aliphatic heterocycles. The molecule has 1 unspecified atom stereocenters. The lowest BCUT2D eigenvalue weighted by atomic mass is 10.1. The summed E-state index contributed by atoms with van der Waals surface area (Å²) in [7, 11) is -3.93. The first-order valence-corrected chi connectivity index (χ1v) is 7.76. The Morgan fingerprint density at radius 1 is 1.45 bits per heavy atom. The van der Waals surface area contributed by atoms with Gasteiger partial charge >= 0.3 is 5.97 Å². The van der Waals surface area contributed by atoms with Crippen LogP contribution in [0.2, 0.25) is 5.02 Å². The summed E-state index contributed by atoms with van der Waals surface area (Å²) in [5.74, 6) is -1.25. The van der Waals surface area contributed by atoms with Crippen LogP contribution in [0, 0.1) is 6.92 Å². The number of carbonyl (C=O) groups is 1. The predicted octanol–water partition coefficient (Wildman–Crippen LogP) is 1.40. The van der Waals surface area contributed by atoms with Crippen LogP contribution in [0.4, 0.5) is 0 Å². The highest BCUT2D eigenvalue weighted by atomic mass is 35.5. The second-order valence-corrected chi connectivity index (χ2v) is 6.47. The monoisotopic (exact) mass is 321 g/mol. The van der Waals surface area contributed by atoms with Crippen molar-refractivity contribution in [1.29, 1.82) is 0 Å². The van der Waals surface area contributed by atoms with E-state index in [4.69, 9.17) is 16.7 Å². The molecule has 112 valence electrons. The predicted molar refractivity (Wildman–Crippen MR) is 74.6 cm³/mol. The summed E-state index contributed by atoms with van der Waals surface area (Å²) in [5.41, 5.74) is -0.0747. The molecule has 6 nitrogen and oxygen atoms in total. The van der Waals surface area contributed by atoms with E-state index in [0.717, 1.165) is 0 Å². The van der Waals surface area contributed by atoms with Crippen LogP contribution in [-0.4, -0.2) is 37.2 Å². The number of carboxylic acid groups (broad SMARTS) is 1. The van der Waals surface area contributed by atoms with Crippen molar-refractivity contribution in [1.82, 2.24) is 4.72 Å². The maximum atomic E-state index is 12.1. The third kappa shape index (κ3) is 3.92. The molecule has 0 aliphatic rings. The van der Waals surface area contributed by atoms with Gasteiger partial charge in [-0.2, -0.15) is 0 Å². The lowest BCUT2D eigenvalue weighted by Gasteiger charge is -2.13. The number of nitrogens with one attached hydrogen (secondary N) is 1. The fourth-order valence-corrected chi connectivity index (χ4v) is 3.23. The standard InChI is InChI=1S/C12H16ClNO5S/c1-3-9(15)6-14-20(18,19)11-5-8(13)4-10(7(11)2)12(16)17/h4-5,9,14-15H,3,6H2,1-2H3,(H,16,17). The van der Waals surface area contributed by atoms with Gasteiger partial charge in [0.05, 0.1) is 16.6 Å². The van der Waals surface area contributed by atoms with E-state index in [1.54, 1.807) is 6.92 Å². The Morgan fingerprint density at radius 2 is 2.05 bits per heavy atom. The van der Waals surface area contributed by atoms with Crippen LogP contribution in [0.1, 0.15) is 29.3 Å². The van der Waals surface area contributed by atoms with Gasteiger partial charge in [-0.1, -0.05) is 18.5 Å². The molecule has 0 saturated carbocycles. The molecular formula is C12H16ClNO5S. The number of benzene rings is 1. The number of rotatable bonds is 6. The Kier molecular flexibility index (Phi) is 5.52. The van der Waals surface area contributed by atoms with Gasteiger partial charge in [-0.3, -0.25) is 0 Å². The number of carboxylic acids is 1. The van der Waals surface area contributed by atoms with Crippen molar-refractivity contribution in [2.24, 2.45) is 0 Å². The summed E-state index contributed by atoms with van der Waals surface area (Å²) >= 11 is 5.76. The molecule has 0 heterocycles. The van der Waals surface area contributed by atoms with Crippen LogP contribution in [0.25, 0.3) is 0 Å². The lowest BCUT2D eigenvalue weighted by Crippen LogP contribution is -2.32. The first-order chi connectivity index (χ1) is 9.19. The number of hydrogen-bond acceptors (Lipinski definition) is 4. The maximum Gasteiger partial charge on any atom is 0.336 e. The van der Waals surface area contributed by atoms with Gasteiger partial charge in [-0.15, -0.1) is 0 Å². The lowest BCUT2D eigenvalue weighted by molar-refractivity contribution is 0.0695. The van der Waals surface area contributed by atoms with E-state index in [1.165, 1.54) is 19.1 Å². The van der Waals surface area contributed by atoms with Gasteiger partial charge in [0, 0.05) is 11.6 Å². The van der Waals surface area contributed by atoms with Gasteiger partial charge in [0.2, 0.25) is 10.0 Å². The van der Waals surface area contributed by atoms with E-state index in [2.05, 4.69) is 4.72 Å². The molecular weight excluding hydrogens is 306 g/mol.